The average Bonchev–Trinajstić information content (AvgIpc) is 2.65. The van der Waals surface area contributed by atoms with Crippen LogP contribution in [0.3, 0.4) is 0 Å². The minimum absolute atomic E-state index is 0.463. The topological polar surface area (TPSA) is 68.2 Å². The molecule has 1 fully saturated rings. The van der Waals surface area contributed by atoms with Crippen molar-refractivity contribution >= 4 is 0 Å². The highest BCUT2D eigenvalue weighted by Gasteiger charge is 2.28. The molecule has 2 heterocycles. The minimum Gasteiger partial charge on any atom is -0.329 e. The first kappa shape index (κ1) is 11.5. The molecule has 1 aliphatic rings. The molecule has 1 aromatic rings. The fraction of sp³-hybridized carbons (Fsp3) is 0.818. The summed E-state index contributed by atoms with van der Waals surface area (Å²) in [6, 6.07) is 0.463. The van der Waals surface area contributed by atoms with Crippen LogP contribution in [0.4, 0.5) is 0 Å². The predicted octanol–water partition coefficient (Wildman–Crippen LogP) is 0.937. The van der Waals surface area contributed by atoms with Crippen molar-refractivity contribution in [2.24, 2.45) is 11.7 Å². The number of hydrogen-bond donors (Lipinski definition) is 1. The molecule has 0 saturated carbocycles. The molecule has 5 heteroatoms. The Morgan fingerprint density at radius 2 is 2.31 bits per heavy atom. The third-order valence-corrected chi connectivity index (χ3v) is 3.57. The molecular weight excluding hydrogens is 204 g/mol. The molecule has 0 aromatic carbocycles. The van der Waals surface area contributed by atoms with Crippen LogP contribution >= 0.6 is 0 Å². The lowest BCUT2D eigenvalue weighted by atomic mass is 9.90. The van der Waals surface area contributed by atoms with Crippen LogP contribution in [0.5, 0.6) is 0 Å². The summed E-state index contributed by atoms with van der Waals surface area (Å²) in [6.07, 6.45) is 2.51. The molecule has 1 aliphatic heterocycles. The number of nitrogens with zero attached hydrogens (tertiary/aromatic N) is 3. The molecule has 1 saturated heterocycles. The van der Waals surface area contributed by atoms with Gasteiger partial charge in [-0.15, -0.1) is 0 Å². The van der Waals surface area contributed by atoms with Gasteiger partial charge in [-0.1, -0.05) is 17.2 Å². The number of aromatic nitrogens is 2. The van der Waals surface area contributed by atoms with Gasteiger partial charge in [0.05, 0.1) is 0 Å². The molecule has 5 nitrogen and oxygen atoms in total. The summed E-state index contributed by atoms with van der Waals surface area (Å²) < 4.78 is 4.72. The van der Waals surface area contributed by atoms with Crippen LogP contribution in [0.25, 0.3) is 0 Å². The molecule has 90 valence electrons. The van der Waals surface area contributed by atoms with Crippen molar-refractivity contribution < 1.29 is 4.63 Å². The van der Waals surface area contributed by atoms with Crippen molar-refractivity contribution in [1.82, 2.24) is 15.2 Å². The van der Waals surface area contributed by atoms with Crippen LogP contribution in [0.2, 0.25) is 0 Å². The Morgan fingerprint density at radius 3 is 2.94 bits per heavy atom. The molecule has 0 aliphatic carbocycles. The molecule has 2 atom stereocenters. The molecule has 1 aromatic heterocycles. The Labute approximate surface area is 95.9 Å². The van der Waals surface area contributed by atoms with E-state index in [-0.39, 0.29) is 0 Å². The van der Waals surface area contributed by atoms with Crippen LogP contribution in [0, 0.1) is 12.8 Å². The van der Waals surface area contributed by atoms with Crippen LogP contribution in [0.15, 0.2) is 4.63 Å². The zero-order chi connectivity index (χ0) is 11.5. The number of hydrogen-bond acceptors (Lipinski definition) is 5. The van der Waals surface area contributed by atoms with Crippen molar-refractivity contribution in [1.29, 1.82) is 0 Å². The molecule has 2 N–H and O–H groups in total. The van der Waals surface area contributed by atoms with Gasteiger partial charge in [-0.2, -0.15) is 0 Å². The van der Waals surface area contributed by atoms with E-state index in [0.717, 1.165) is 24.5 Å². The first-order valence-electron chi connectivity index (χ1n) is 5.94. The van der Waals surface area contributed by atoms with Crippen molar-refractivity contribution in [3.8, 4) is 0 Å². The zero-order valence-electron chi connectivity index (χ0n) is 10.0. The van der Waals surface area contributed by atoms with Crippen molar-refractivity contribution in [3.05, 3.63) is 11.4 Å². The SMILES string of the molecule is Cc1nonc1CN1CCCC(C)C1CN. The second kappa shape index (κ2) is 4.93. The van der Waals surface area contributed by atoms with Crippen molar-refractivity contribution in [2.75, 3.05) is 13.1 Å². The summed E-state index contributed by atoms with van der Waals surface area (Å²) in [4.78, 5) is 2.40. The first-order chi connectivity index (χ1) is 7.72. The van der Waals surface area contributed by atoms with Gasteiger partial charge in [0, 0.05) is 19.1 Å². The maximum atomic E-state index is 5.85. The number of aryl methyl sites for hydroxylation is 1. The van der Waals surface area contributed by atoms with E-state index in [1.54, 1.807) is 0 Å². The third kappa shape index (κ3) is 2.25. The van der Waals surface area contributed by atoms with E-state index in [0.29, 0.717) is 18.5 Å². The van der Waals surface area contributed by atoms with Crippen LogP contribution in [-0.4, -0.2) is 34.3 Å². The summed E-state index contributed by atoms with van der Waals surface area (Å²) in [5.41, 5.74) is 7.67. The number of nitrogens with two attached hydrogens (primary N) is 1. The predicted molar refractivity (Wildman–Crippen MR) is 60.7 cm³/mol. The number of rotatable bonds is 3. The molecule has 0 spiro atoms. The van der Waals surface area contributed by atoms with Gasteiger partial charge in [0.2, 0.25) is 0 Å². The van der Waals surface area contributed by atoms with E-state index >= 15 is 0 Å². The summed E-state index contributed by atoms with van der Waals surface area (Å²) >= 11 is 0. The van der Waals surface area contributed by atoms with E-state index in [1.165, 1.54) is 12.8 Å². The highest BCUT2D eigenvalue weighted by atomic mass is 16.6. The molecule has 0 radical (unpaired) electrons. The Hall–Kier alpha value is -0.940. The Balaban J connectivity index is 2.05. The maximum Gasteiger partial charge on any atom is 0.122 e. The first-order valence-corrected chi connectivity index (χ1v) is 5.94. The number of piperidine rings is 1. The summed E-state index contributed by atoms with van der Waals surface area (Å²) in [5.74, 6) is 0.666. The van der Waals surface area contributed by atoms with Gasteiger partial charge >= 0.3 is 0 Å². The molecule has 2 rings (SSSR count). The Morgan fingerprint density at radius 1 is 1.50 bits per heavy atom. The fourth-order valence-electron chi connectivity index (χ4n) is 2.50. The maximum absolute atomic E-state index is 5.85. The molecule has 0 amide bonds. The van der Waals surface area contributed by atoms with Crippen LogP contribution in [0.1, 0.15) is 31.2 Å². The Kier molecular flexibility index (Phi) is 3.56. The lowest BCUT2D eigenvalue weighted by molar-refractivity contribution is 0.0962. The van der Waals surface area contributed by atoms with Gasteiger partial charge in [-0.3, -0.25) is 4.90 Å². The zero-order valence-corrected chi connectivity index (χ0v) is 10.0. The van der Waals surface area contributed by atoms with E-state index in [1.807, 2.05) is 6.92 Å². The molecule has 2 unspecified atom stereocenters. The molecule has 16 heavy (non-hydrogen) atoms. The smallest absolute Gasteiger partial charge is 0.122 e. The summed E-state index contributed by atoms with van der Waals surface area (Å²) in [5, 5.41) is 7.74. The van der Waals surface area contributed by atoms with E-state index in [2.05, 4.69) is 22.1 Å². The third-order valence-electron chi connectivity index (χ3n) is 3.57. The molecule has 0 bridgehead atoms. The quantitative estimate of drug-likeness (QED) is 0.827. The largest absolute Gasteiger partial charge is 0.329 e. The standard InChI is InChI=1S/C11H20N4O/c1-8-4-3-5-15(11(8)6-12)7-10-9(2)13-16-14-10/h8,11H,3-7,12H2,1-2H3. The minimum atomic E-state index is 0.463. The lowest BCUT2D eigenvalue weighted by Gasteiger charge is -2.38. The van der Waals surface area contributed by atoms with Crippen LogP contribution in [-0.2, 0) is 6.54 Å². The fourth-order valence-corrected chi connectivity index (χ4v) is 2.50. The van der Waals surface area contributed by atoms with Crippen LogP contribution < -0.4 is 5.73 Å². The highest BCUT2D eigenvalue weighted by molar-refractivity contribution is 5.05. The van der Waals surface area contributed by atoms with Gasteiger partial charge in [-0.25, -0.2) is 4.63 Å². The summed E-state index contributed by atoms with van der Waals surface area (Å²) in [6.45, 7) is 6.82. The van der Waals surface area contributed by atoms with E-state index < -0.39 is 0 Å². The van der Waals surface area contributed by atoms with Crippen molar-refractivity contribution in [2.45, 2.75) is 39.3 Å². The highest BCUT2D eigenvalue weighted by Crippen LogP contribution is 2.24. The Bertz CT molecular complexity index is 338. The lowest BCUT2D eigenvalue weighted by Crippen LogP contribution is -2.48. The molecular formula is C11H20N4O. The van der Waals surface area contributed by atoms with Gasteiger partial charge in [0.1, 0.15) is 11.4 Å². The van der Waals surface area contributed by atoms with E-state index in [9.17, 15) is 0 Å². The second-order valence-corrected chi connectivity index (χ2v) is 4.69. The van der Waals surface area contributed by atoms with Crippen molar-refractivity contribution in [3.63, 3.8) is 0 Å². The van der Waals surface area contributed by atoms with Gasteiger partial charge < -0.3 is 5.73 Å². The van der Waals surface area contributed by atoms with Gasteiger partial charge in [0.25, 0.3) is 0 Å². The summed E-state index contributed by atoms with van der Waals surface area (Å²) in [7, 11) is 0. The van der Waals surface area contributed by atoms with Gasteiger partial charge in [0.15, 0.2) is 0 Å². The number of likely N-dealkylation sites (tertiary alicyclic amines) is 1. The van der Waals surface area contributed by atoms with Gasteiger partial charge in [-0.05, 0) is 32.2 Å². The monoisotopic (exact) mass is 224 g/mol. The average molecular weight is 224 g/mol. The second-order valence-electron chi connectivity index (χ2n) is 4.69. The van der Waals surface area contributed by atoms with E-state index in [4.69, 9.17) is 10.4 Å². The normalized spacial score (nSPS) is 27.2.